The van der Waals surface area contributed by atoms with Crippen molar-refractivity contribution in [1.29, 1.82) is 0 Å². The summed E-state index contributed by atoms with van der Waals surface area (Å²) in [5.74, 6) is 0.487. The van der Waals surface area contributed by atoms with E-state index < -0.39 is 0 Å². The highest BCUT2D eigenvalue weighted by Gasteiger charge is 2.12. The number of aryl methyl sites for hydroxylation is 1. The molecule has 0 radical (unpaired) electrons. The number of benzene rings is 3. The summed E-state index contributed by atoms with van der Waals surface area (Å²) < 4.78 is 11.0. The number of thiazole rings is 1. The second-order valence-electron chi connectivity index (χ2n) is 7.15. The topological polar surface area (TPSA) is 60.5 Å². The molecule has 1 aromatic heterocycles. The van der Waals surface area contributed by atoms with Gasteiger partial charge in [-0.15, -0.1) is 11.3 Å². The number of esters is 1. The van der Waals surface area contributed by atoms with Gasteiger partial charge in [-0.25, -0.2) is 9.78 Å². The first-order valence-electron chi connectivity index (χ1n) is 10.4. The fourth-order valence-corrected chi connectivity index (χ4v) is 4.09. The lowest BCUT2D eigenvalue weighted by atomic mass is 10.1. The van der Waals surface area contributed by atoms with E-state index in [4.69, 9.17) is 14.5 Å². The number of carbonyl (C=O) groups is 1. The van der Waals surface area contributed by atoms with Crippen molar-refractivity contribution < 1.29 is 14.3 Å². The van der Waals surface area contributed by atoms with Gasteiger partial charge in [0.1, 0.15) is 12.4 Å². The number of ether oxygens (including phenoxy) is 2. The van der Waals surface area contributed by atoms with E-state index in [0.29, 0.717) is 18.8 Å². The molecule has 0 atom stereocenters. The lowest BCUT2D eigenvalue weighted by Crippen LogP contribution is -2.04. The molecular weight excluding hydrogens is 420 g/mol. The van der Waals surface area contributed by atoms with E-state index in [0.717, 1.165) is 38.3 Å². The molecule has 1 N–H and O–H groups in total. The molecule has 4 aromatic rings. The molecule has 0 amide bonds. The molecule has 0 bridgehead atoms. The summed E-state index contributed by atoms with van der Waals surface area (Å²) in [6, 6.07) is 25.3. The molecule has 162 valence electrons. The Bertz CT molecular complexity index is 1190. The number of nitrogens with one attached hydrogen (secondary N) is 1. The SMILES string of the molecule is CCOC(=O)c1cccc(Nc2nc(-c3ccc(OCc4ccccc4)cc3)c(C)s2)c1. The van der Waals surface area contributed by atoms with Gasteiger partial charge in [-0.2, -0.15) is 0 Å². The monoisotopic (exact) mass is 444 g/mol. The van der Waals surface area contributed by atoms with Crippen LogP contribution in [0.1, 0.15) is 27.7 Å². The maximum absolute atomic E-state index is 12.0. The van der Waals surface area contributed by atoms with Crippen molar-refractivity contribution >= 4 is 28.1 Å². The number of aromatic nitrogens is 1. The van der Waals surface area contributed by atoms with E-state index in [2.05, 4.69) is 5.32 Å². The molecule has 0 aliphatic rings. The van der Waals surface area contributed by atoms with Gasteiger partial charge in [0, 0.05) is 16.1 Å². The van der Waals surface area contributed by atoms with Crippen LogP contribution in [0.3, 0.4) is 0 Å². The standard InChI is InChI=1S/C26H24N2O3S/c1-3-30-25(29)21-10-7-11-22(16-21)27-26-28-24(18(2)32-26)20-12-14-23(15-13-20)31-17-19-8-5-4-6-9-19/h4-16H,3,17H2,1-2H3,(H,27,28). The Hall–Kier alpha value is -3.64. The first-order valence-corrected chi connectivity index (χ1v) is 11.2. The lowest BCUT2D eigenvalue weighted by molar-refractivity contribution is 0.0526. The molecule has 0 saturated heterocycles. The van der Waals surface area contributed by atoms with Crippen molar-refractivity contribution in [2.75, 3.05) is 11.9 Å². The minimum Gasteiger partial charge on any atom is -0.489 e. The van der Waals surface area contributed by atoms with Crippen LogP contribution in [0.15, 0.2) is 78.9 Å². The average molecular weight is 445 g/mol. The van der Waals surface area contributed by atoms with E-state index in [9.17, 15) is 4.79 Å². The van der Waals surface area contributed by atoms with Gasteiger partial charge in [0.2, 0.25) is 0 Å². The molecular formula is C26H24N2O3S. The van der Waals surface area contributed by atoms with Crippen LogP contribution in [0.2, 0.25) is 0 Å². The van der Waals surface area contributed by atoms with Gasteiger partial charge in [-0.3, -0.25) is 0 Å². The zero-order valence-corrected chi connectivity index (χ0v) is 18.8. The summed E-state index contributed by atoms with van der Waals surface area (Å²) in [7, 11) is 0. The van der Waals surface area contributed by atoms with Gasteiger partial charge in [0.05, 0.1) is 17.9 Å². The minimum absolute atomic E-state index is 0.332. The van der Waals surface area contributed by atoms with E-state index in [1.54, 1.807) is 30.4 Å². The Morgan fingerprint density at radius 2 is 1.78 bits per heavy atom. The van der Waals surface area contributed by atoms with E-state index in [1.165, 1.54) is 0 Å². The number of hydrogen-bond acceptors (Lipinski definition) is 6. The number of nitrogens with zero attached hydrogens (tertiary/aromatic N) is 1. The predicted octanol–water partition coefficient (Wildman–Crippen LogP) is 6.62. The lowest BCUT2D eigenvalue weighted by Gasteiger charge is -2.07. The Labute approximate surface area is 191 Å². The molecule has 1 heterocycles. The molecule has 0 aliphatic carbocycles. The van der Waals surface area contributed by atoms with Gasteiger partial charge in [0.25, 0.3) is 0 Å². The van der Waals surface area contributed by atoms with Crippen LogP contribution >= 0.6 is 11.3 Å². The van der Waals surface area contributed by atoms with Crippen LogP contribution in [-0.4, -0.2) is 17.6 Å². The molecule has 6 heteroatoms. The molecule has 0 saturated carbocycles. The second kappa shape index (κ2) is 10.1. The quantitative estimate of drug-likeness (QED) is 0.310. The van der Waals surface area contributed by atoms with Crippen molar-refractivity contribution in [2.24, 2.45) is 0 Å². The van der Waals surface area contributed by atoms with Crippen LogP contribution in [0.5, 0.6) is 5.75 Å². The van der Waals surface area contributed by atoms with E-state index in [-0.39, 0.29) is 5.97 Å². The van der Waals surface area contributed by atoms with Gasteiger partial charge < -0.3 is 14.8 Å². The maximum atomic E-state index is 12.0. The summed E-state index contributed by atoms with van der Waals surface area (Å²) in [5.41, 5.74) is 4.39. The normalized spacial score (nSPS) is 10.6. The Morgan fingerprint density at radius 3 is 2.53 bits per heavy atom. The van der Waals surface area contributed by atoms with Crippen molar-refractivity contribution in [2.45, 2.75) is 20.5 Å². The van der Waals surface area contributed by atoms with Crippen molar-refractivity contribution in [3.05, 3.63) is 94.9 Å². The highest BCUT2D eigenvalue weighted by Crippen LogP contribution is 2.33. The number of carbonyl (C=O) groups excluding carboxylic acids is 1. The zero-order chi connectivity index (χ0) is 22.3. The molecule has 0 spiro atoms. The Balaban J connectivity index is 1.44. The van der Waals surface area contributed by atoms with Crippen LogP contribution < -0.4 is 10.1 Å². The first kappa shape index (κ1) is 21.6. The largest absolute Gasteiger partial charge is 0.489 e. The third-order valence-corrected chi connectivity index (χ3v) is 5.68. The highest BCUT2D eigenvalue weighted by molar-refractivity contribution is 7.16. The van der Waals surface area contributed by atoms with Gasteiger partial charge in [-0.1, -0.05) is 36.4 Å². The number of hydrogen-bond donors (Lipinski definition) is 1. The van der Waals surface area contributed by atoms with Crippen molar-refractivity contribution in [1.82, 2.24) is 4.98 Å². The molecule has 0 aliphatic heterocycles. The van der Waals surface area contributed by atoms with Crippen molar-refractivity contribution in [3.8, 4) is 17.0 Å². The zero-order valence-electron chi connectivity index (χ0n) is 18.0. The summed E-state index contributed by atoms with van der Waals surface area (Å²) in [6.07, 6.45) is 0. The molecule has 0 unspecified atom stereocenters. The minimum atomic E-state index is -0.332. The predicted molar refractivity (Wildman–Crippen MR) is 129 cm³/mol. The fraction of sp³-hybridized carbons (Fsp3) is 0.154. The molecule has 0 fully saturated rings. The van der Waals surface area contributed by atoms with Gasteiger partial charge >= 0.3 is 5.97 Å². The fourth-order valence-electron chi connectivity index (χ4n) is 3.23. The third-order valence-electron chi connectivity index (χ3n) is 4.80. The third kappa shape index (κ3) is 5.34. The Morgan fingerprint density at radius 1 is 1.00 bits per heavy atom. The summed E-state index contributed by atoms with van der Waals surface area (Å²) >= 11 is 1.57. The Kier molecular flexibility index (Phi) is 6.82. The second-order valence-corrected chi connectivity index (χ2v) is 8.35. The number of anilines is 2. The molecule has 5 nitrogen and oxygen atoms in total. The van der Waals surface area contributed by atoms with E-state index >= 15 is 0 Å². The smallest absolute Gasteiger partial charge is 0.338 e. The maximum Gasteiger partial charge on any atom is 0.338 e. The molecule has 32 heavy (non-hydrogen) atoms. The summed E-state index contributed by atoms with van der Waals surface area (Å²) in [6.45, 7) is 4.73. The van der Waals surface area contributed by atoms with Gasteiger partial charge in [-0.05, 0) is 61.9 Å². The molecule has 4 rings (SSSR count). The summed E-state index contributed by atoms with van der Waals surface area (Å²) in [5, 5.41) is 4.06. The van der Waals surface area contributed by atoms with Gasteiger partial charge in [0.15, 0.2) is 5.13 Å². The van der Waals surface area contributed by atoms with Crippen LogP contribution in [0.25, 0.3) is 11.3 Å². The summed E-state index contributed by atoms with van der Waals surface area (Å²) in [4.78, 5) is 17.8. The van der Waals surface area contributed by atoms with Crippen LogP contribution in [-0.2, 0) is 11.3 Å². The highest BCUT2D eigenvalue weighted by atomic mass is 32.1. The molecule has 3 aromatic carbocycles. The number of rotatable bonds is 8. The van der Waals surface area contributed by atoms with Crippen LogP contribution in [0, 0.1) is 6.92 Å². The van der Waals surface area contributed by atoms with Crippen molar-refractivity contribution in [3.63, 3.8) is 0 Å². The van der Waals surface area contributed by atoms with Crippen LogP contribution in [0.4, 0.5) is 10.8 Å². The average Bonchev–Trinajstić information content (AvgIpc) is 3.19. The van der Waals surface area contributed by atoms with E-state index in [1.807, 2.05) is 73.7 Å². The first-order chi connectivity index (χ1) is 15.6.